The summed E-state index contributed by atoms with van der Waals surface area (Å²) in [6.07, 6.45) is 1.48. The topological polar surface area (TPSA) is 64.0 Å². The summed E-state index contributed by atoms with van der Waals surface area (Å²) < 4.78 is 1.49. The lowest BCUT2D eigenvalue weighted by Gasteiger charge is -2.08. The molecule has 0 bridgehead atoms. The van der Waals surface area contributed by atoms with Crippen molar-refractivity contribution in [1.82, 2.24) is 9.55 Å². The van der Waals surface area contributed by atoms with Crippen LogP contribution >= 0.6 is 34.5 Å². The van der Waals surface area contributed by atoms with Crippen LogP contribution in [0.4, 0.5) is 5.69 Å². The number of rotatable bonds is 4. The second kappa shape index (κ2) is 8.22. The molecular formula is C22H17Cl2N3O2S. The molecule has 0 aliphatic carbocycles. The lowest BCUT2D eigenvalue weighted by Crippen LogP contribution is -2.21. The van der Waals surface area contributed by atoms with Gasteiger partial charge in [-0.25, -0.2) is 4.98 Å². The van der Waals surface area contributed by atoms with Gasteiger partial charge < -0.3 is 5.32 Å². The quantitative estimate of drug-likeness (QED) is 0.428. The zero-order chi connectivity index (χ0) is 21.4. The summed E-state index contributed by atoms with van der Waals surface area (Å²) >= 11 is 13.4. The second-order valence-electron chi connectivity index (χ2n) is 6.92. The third-order valence-electron chi connectivity index (χ3n) is 4.87. The van der Waals surface area contributed by atoms with Crippen LogP contribution in [0.3, 0.4) is 0 Å². The molecule has 5 nitrogen and oxygen atoms in total. The highest BCUT2D eigenvalue weighted by Crippen LogP contribution is 2.28. The molecule has 0 saturated carbocycles. The number of carbonyl (C=O) groups excluding carboxylic acids is 1. The zero-order valence-electron chi connectivity index (χ0n) is 16.2. The summed E-state index contributed by atoms with van der Waals surface area (Å²) in [5.41, 5.74) is 2.87. The predicted octanol–water partition coefficient (Wildman–Crippen LogP) is 5.68. The number of amides is 1. The van der Waals surface area contributed by atoms with Gasteiger partial charge in [0.1, 0.15) is 4.83 Å². The Bertz CT molecular complexity index is 1340. The number of nitrogens with zero attached hydrogens (tertiary/aromatic N) is 2. The van der Waals surface area contributed by atoms with E-state index in [-0.39, 0.29) is 18.0 Å². The van der Waals surface area contributed by atoms with Gasteiger partial charge in [-0.2, -0.15) is 0 Å². The van der Waals surface area contributed by atoms with Crippen LogP contribution in [-0.2, 0) is 6.54 Å². The van der Waals surface area contributed by atoms with E-state index in [4.69, 9.17) is 23.2 Å². The SMILES string of the molecule is Cc1ccccc1NC(=O)c1sc2ncn(Cc3ccc(Cl)cc3Cl)c(=O)c2c1C. The molecule has 4 rings (SSSR count). The largest absolute Gasteiger partial charge is 0.321 e. The lowest BCUT2D eigenvalue weighted by atomic mass is 10.1. The molecule has 1 N–H and O–H groups in total. The fraction of sp³-hybridized carbons (Fsp3) is 0.136. The Hall–Kier alpha value is -2.67. The van der Waals surface area contributed by atoms with Gasteiger partial charge in [0.05, 0.1) is 23.1 Å². The molecular weight excluding hydrogens is 441 g/mol. The summed E-state index contributed by atoms with van der Waals surface area (Å²) in [5, 5.41) is 4.38. The van der Waals surface area contributed by atoms with Gasteiger partial charge in [-0.05, 0) is 48.7 Å². The average molecular weight is 458 g/mol. The number of nitrogens with one attached hydrogen (secondary N) is 1. The van der Waals surface area contributed by atoms with Crippen LogP contribution in [0.15, 0.2) is 53.6 Å². The standard InChI is InChI=1S/C22H17Cl2N3O2S/c1-12-5-3-4-6-17(12)26-20(28)19-13(2)18-21(30-19)25-11-27(22(18)29)10-14-7-8-15(23)9-16(14)24/h3-9,11H,10H2,1-2H3,(H,26,28). The third kappa shape index (κ3) is 3.86. The van der Waals surface area contributed by atoms with Crippen molar-refractivity contribution in [3.8, 4) is 0 Å². The smallest absolute Gasteiger partial charge is 0.266 e. The van der Waals surface area contributed by atoms with Gasteiger partial charge >= 0.3 is 0 Å². The van der Waals surface area contributed by atoms with Crippen molar-refractivity contribution in [2.45, 2.75) is 20.4 Å². The molecule has 0 fully saturated rings. The van der Waals surface area contributed by atoms with Crippen LogP contribution in [0.2, 0.25) is 10.0 Å². The van der Waals surface area contributed by atoms with Gasteiger partial charge in [-0.15, -0.1) is 11.3 Å². The Labute approximate surface area is 186 Å². The average Bonchev–Trinajstić information content (AvgIpc) is 3.05. The Balaban J connectivity index is 1.70. The summed E-state index contributed by atoms with van der Waals surface area (Å²) in [7, 11) is 0. The number of thiophene rings is 1. The van der Waals surface area contributed by atoms with E-state index < -0.39 is 0 Å². The number of halogens is 2. The van der Waals surface area contributed by atoms with E-state index in [1.54, 1.807) is 25.1 Å². The number of anilines is 1. The molecule has 2 aromatic heterocycles. The molecule has 0 aliphatic heterocycles. The first-order chi connectivity index (χ1) is 14.3. The number of fused-ring (bicyclic) bond motifs is 1. The molecule has 30 heavy (non-hydrogen) atoms. The molecule has 0 unspecified atom stereocenters. The molecule has 0 aliphatic rings. The molecule has 0 radical (unpaired) electrons. The third-order valence-corrected chi connectivity index (χ3v) is 6.66. The molecule has 0 spiro atoms. The maximum absolute atomic E-state index is 13.1. The second-order valence-corrected chi connectivity index (χ2v) is 8.76. The molecule has 4 aromatic rings. The van der Waals surface area contributed by atoms with Gasteiger partial charge in [0.25, 0.3) is 11.5 Å². The molecule has 152 valence electrons. The number of benzene rings is 2. The number of hydrogen-bond acceptors (Lipinski definition) is 4. The maximum Gasteiger partial charge on any atom is 0.266 e. The summed E-state index contributed by atoms with van der Waals surface area (Å²) in [6, 6.07) is 12.7. The molecule has 2 aromatic carbocycles. The maximum atomic E-state index is 13.1. The minimum atomic E-state index is -0.253. The Kier molecular flexibility index (Phi) is 5.64. The fourth-order valence-corrected chi connectivity index (χ4v) is 4.72. The van der Waals surface area contributed by atoms with Crippen molar-refractivity contribution >= 4 is 56.3 Å². The van der Waals surface area contributed by atoms with Gasteiger partial charge in [0.15, 0.2) is 0 Å². The summed E-state index contributed by atoms with van der Waals surface area (Å²) in [5.74, 6) is -0.253. The highest BCUT2D eigenvalue weighted by atomic mass is 35.5. The molecule has 1 amide bonds. The van der Waals surface area contributed by atoms with Crippen molar-refractivity contribution in [3.63, 3.8) is 0 Å². The Morgan fingerprint density at radius 1 is 1.17 bits per heavy atom. The normalized spacial score (nSPS) is 11.1. The number of carbonyl (C=O) groups is 1. The Morgan fingerprint density at radius 2 is 1.93 bits per heavy atom. The minimum absolute atomic E-state index is 0.213. The first kappa shape index (κ1) is 20.6. The first-order valence-corrected chi connectivity index (χ1v) is 10.7. The van der Waals surface area contributed by atoms with E-state index in [1.165, 1.54) is 22.2 Å². The molecule has 0 saturated heterocycles. The highest BCUT2D eigenvalue weighted by molar-refractivity contribution is 7.20. The monoisotopic (exact) mass is 457 g/mol. The van der Waals surface area contributed by atoms with E-state index in [0.717, 1.165) is 16.8 Å². The number of hydrogen-bond donors (Lipinski definition) is 1. The van der Waals surface area contributed by atoms with Crippen molar-refractivity contribution in [2.75, 3.05) is 5.32 Å². The van der Waals surface area contributed by atoms with E-state index in [1.807, 2.05) is 31.2 Å². The number of para-hydroxylation sites is 1. The van der Waals surface area contributed by atoms with E-state index in [0.29, 0.717) is 30.7 Å². The molecule has 0 atom stereocenters. The van der Waals surface area contributed by atoms with Gasteiger partial charge in [0, 0.05) is 15.7 Å². The summed E-state index contributed by atoms with van der Waals surface area (Å²) in [6.45, 7) is 3.96. The lowest BCUT2D eigenvalue weighted by molar-refractivity contribution is 0.103. The van der Waals surface area contributed by atoms with Crippen molar-refractivity contribution in [2.24, 2.45) is 0 Å². The van der Waals surface area contributed by atoms with Crippen LogP contribution in [0.25, 0.3) is 10.2 Å². The molecule has 8 heteroatoms. The zero-order valence-corrected chi connectivity index (χ0v) is 18.5. The van der Waals surface area contributed by atoms with Crippen molar-refractivity contribution < 1.29 is 4.79 Å². The van der Waals surface area contributed by atoms with Gasteiger partial charge in [-0.3, -0.25) is 14.2 Å². The van der Waals surface area contributed by atoms with Gasteiger partial charge in [-0.1, -0.05) is 47.5 Å². The van der Waals surface area contributed by atoms with E-state index in [2.05, 4.69) is 10.3 Å². The highest BCUT2D eigenvalue weighted by Gasteiger charge is 2.20. The number of aromatic nitrogens is 2. The Morgan fingerprint density at radius 3 is 2.67 bits per heavy atom. The van der Waals surface area contributed by atoms with Crippen LogP contribution < -0.4 is 10.9 Å². The number of aryl methyl sites for hydroxylation is 2. The minimum Gasteiger partial charge on any atom is -0.321 e. The van der Waals surface area contributed by atoms with Crippen LogP contribution in [0.5, 0.6) is 0 Å². The van der Waals surface area contributed by atoms with Gasteiger partial charge in [0.2, 0.25) is 0 Å². The van der Waals surface area contributed by atoms with E-state index >= 15 is 0 Å². The predicted molar refractivity (Wildman–Crippen MR) is 123 cm³/mol. The van der Waals surface area contributed by atoms with Crippen LogP contribution in [0.1, 0.15) is 26.4 Å². The van der Waals surface area contributed by atoms with E-state index in [9.17, 15) is 9.59 Å². The molecule has 2 heterocycles. The summed E-state index contributed by atoms with van der Waals surface area (Å²) in [4.78, 5) is 31.4. The van der Waals surface area contributed by atoms with Crippen molar-refractivity contribution in [1.29, 1.82) is 0 Å². The fourth-order valence-electron chi connectivity index (χ4n) is 3.21. The first-order valence-electron chi connectivity index (χ1n) is 9.14. The van der Waals surface area contributed by atoms with Crippen LogP contribution in [-0.4, -0.2) is 15.5 Å². The van der Waals surface area contributed by atoms with Crippen molar-refractivity contribution in [3.05, 3.63) is 90.8 Å². The van der Waals surface area contributed by atoms with Crippen LogP contribution in [0, 0.1) is 13.8 Å².